The highest BCUT2D eigenvalue weighted by Crippen LogP contribution is 2.45. The number of nitrogens with one attached hydrogen (secondary N) is 1. The Balaban J connectivity index is 1.99. The van der Waals surface area contributed by atoms with Gasteiger partial charge >= 0.3 is 0 Å². The van der Waals surface area contributed by atoms with Crippen LogP contribution in [0.25, 0.3) is 0 Å². The Kier molecular flexibility index (Phi) is 0.762. The maximum absolute atomic E-state index is 3.38. The first-order valence-electron chi connectivity index (χ1n) is 3.55. The monoisotopic (exact) mass is 111 g/mol. The van der Waals surface area contributed by atoms with Gasteiger partial charge in [-0.3, -0.25) is 0 Å². The highest BCUT2D eigenvalue weighted by atomic mass is 15.1. The maximum atomic E-state index is 3.38. The van der Waals surface area contributed by atoms with Gasteiger partial charge < -0.3 is 5.32 Å². The molecule has 8 heavy (non-hydrogen) atoms. The van der Waals surface area contributed by atoms with E-state index in [-0.39, 0.29) is 0 Å². The van der Waals surface area contributed by atoms with Crippen LogP contribution in [-0.2, 0) is 0 Å². The predicted octanol–water partition coefficient (Wildman–Crippen LogP) is 1.15. The zero-order valence-corrected chi connectivity index (χ0v) is 5.41. The smallest absolute Gasteiger partial charge is 0.0246 e. The molecule has 1 aliphatic heterocycles. The van der Waals surface area contributed by atoms with Crippen molar-refractivity contribution in [3.63, 3.8) is 0 Å². The second kappa shape index (κ2) is 1.27. The third-order valence-electron chi connectivity index (χ3n) is 2.75. The molecule has 46 valence electrons. The van der Waals surface area contributed by atoms with E-state index in [0.29, 0.717) is 0 Å². The molecule has 2 rings (SSSR count). The zero-order valence-electron chi connectivity index (χ0n) is 5.41. The van der Waals surface area contributed by atoms with Crippen molar-refractivity contribution in [1.82, 2.24) is 5.32 Å². The van der Waals surface area contributed by atoms with Gasteiger partial charge in [0.05, 0.1) is 0 Å². The summed E-state index contributed by atoms with van der Waals surface area (Å²) in [5, 5.41) is 3.38. The summed E-state index contributed by atoms with van der Waals surface area (Å²) in [6.07, 6.45) is 4.39. The first-order valence-corrected chi connectivity index (χ1v) is 3.55. The molecule has 1 saturated carbocycles. The minimum Gasteiger partial charge on any atom is -0.311 e. The molecule has 0 amide bonds. The summed E-state index contributed by atoms with van der Waals surface area (Å²) >= 11 is 0. The fourth-order valence-corrected chi connectivity index (χ4v) is 1.63. The van der Waals surface area contributed by atoms with E-state index in [0.717, 1.165) is 11.5 Å². The SMILES string of the molecule is CC1(C2CN2)CCC1. The van der Waals surface area contributed by atoms with Crippen LogP contribution < -0.4 is 5.32 Å². The van der Waals surface area contributed by atoms with Crippen LogP contribution in [0.3, 0.4) is 0 Å². The van der Waals surface area contributed by atoms with Gasteiger partial charge in [0.1, 0.15) is 0 Å². The number of hydrogen-bond acceptors (Lipinski definition) is 1. The second-order valence-corrected chi connectivity index (χ2v) is 3.47. The van der Waals surface area contributed by atoms with Gasteiger partial charge in [-0.2, -0.15) is 0 Å². The molecular weight excluding hydrogens is 98.1 g/mol. The minimum absolute atomic E-state index is 0.722. The molecule has 0 spiro atoms. The van der Waals surface area contributed by atoms with E-state index < -0.39 is 0 Å². The summed E-state index contributed by atoms with van der Waals surface area (Å²) < 4.78 is 0. The molecule has 0 aromatic carbocycles. The molecule has 0 aromatic heterocycles. The molecule has 1 heteroatoms. The highest BCUT2D eigenvalue weighted by molar-refractivity contribution is 5.02. The van der Waals surface area contributed by atoms with E-state index in [9.17, 15) is 0 Å². The van der Waals surface area contributed by atoms with E-state index in [1.54, 1.807) is 0 Å². The van der Waals surface area contributed by atoms with Crippen molar-refractivity contribution in [2.45, 2.75) is 32.2 Å². The van der Waals surface area contributed by atoms with Gasteiger partial charge in [0.2, 0.25) is 0 Å². The van der Waals surface area contributed by atoms with E-state index in [1.807, 2.05) is 0 Å². The molecule has 1 aliphatic carbocycles. The van der Waals surface area contributed by atoms with Crippen molar-refractivity contribution in [3.8, 4) is 0 Å². The molecular formula is C7H13N. The Morgan fingerprint density at radius 3 is 2.25 bits per heavy atom. The van der Waals surface area contributed by atoms with Crippen LogP contribution in [0.1, 0.15) is 26.2 Å². The van der Waals surface area contributed by atoms with E-state index in [4.69, 9.17) is 0 Å². The molecule has 2 fully saturated rings. The van der Waals surface area contributed by atoms with Crippen molar-refractivity contribution in [2.75, 3.05) is 6.54 Å². The van der Waals surface area contributed by atoms with Crippen molar-refractivity contribution >= 4 is 0 Å². The molecule has 1 atom stereocenters. The number of rotatable bonds is 1. The van der Waals surface area contributed by atoms with Gasteiger partial charge in [-0.25, -0.2) is 0 Å². The molecule has 0 radical (unpaired) electrons. The van der Waals surface area contributed by atoms with Gasteiger partial charge in [0.25, 0.3) is 0 Å². The Morgan fingerprint density at radius 2 is 2.12 bits per heavy atom. The molecule has 1 saturated heterocycles. The number of hydrogen-bond donors (Lipinski definition) is 1. The normalized spacial score (nSPS) is 40.9. The lowest BCUT2D eigenvalue weighted by atomic mass is 9.68. The summed E-state index contributed by atoms with van der Waals surface area (Å²) in [6.45, 7) is 3.69. The van der Waals surface area contributed by atoms with Crippen LogP contribution >= 0.6 is 0 Å². The van der Waals surface area contributed by atoms with Crippen LogP contribution in [0.15, 0.2) is 0 Å². The van der Waals surface area contributed by atoms with Crippen LogP contribution in [0.5, 0.6) is 0 Å². The summed E-state index contributed by atoms with van der Waals surface area (Å²) in [4.78, 5) is 0. The van der Waals surface area contributed by atoms with Crippen molar-refractivity contribution in [3.05, 3.63) is 0 Å². The molecule has 0 aromatic rings. The third kappa shape index (κ3) is 0.510. The predicted molar refractivity (Wildman–Crippen MR) is 33.7 cm³/mol. The second-order valence-electron chi connectivity index (χ2n) is 3.47. The third-order valence-corrected chi connectivity index (χ3v) is 2.75. The fraction of sp³-hybridized carbons (Fsp3) is 1.00. The minimum atomic E-state index is 0.722. The van der Waals surface area contributed by atoms with E-state index >= 15 is 0 Å². The molecule has 1 unspecified atom stereocenters. The summed E-state index contributed by atoms with van der Waals surface area (Å²) in [7, 11) is 0. The average molecular weight is 111 g/mol. The Labute approximate surface area is 50.5 Å². The van der Waals surface area contributed by atoms with Crippen LogP contribution in [0.2, 0.25) is 0 Å². The van der Waals surface area contributed by atoms with E-state index in [2.05, 4.69) is 12.2 Å². The van der Waals surface area contributed by atoms with Gasteiger partial charge in [-0.1, -0.05) is 13.3 Å². The van der Waals surface area contributed by atoms with Gasteiger partial charge in [0, 0.05) is 12.6 Å². The average Bonchev–Trinajstić information content (AvgIpc) is 2.38. The Bertz CT molecular complexity index is 101. The standard InChI is InChI=1S/C7H13N/c1-7(3-2-4-7)6-5-8-6/h6,8H,2-5H2,1H3. The fourth-order valence-electron chi connectivity index (χ4n) is 1.63. The highest BCUT2D eigenvalue weighted by Gasteiger charge is 2.44. The lowest BCUT2D eigenvalue weighted by Crippen LogP contribution is -2.32. The summed E-state index contributed by atoms with van der Waals surface area (Å²) in [5.41, 5.74) is 0.722. The van der Waals surface area contributed by atoms with Crippen molar-refractivity contribution in [2.24, 2.45) is 5.41 Å². The van der Waals surface area contributed by atoms with Crippen molar-refractivity contribution < 1.29 is 0 Å². The van der Waals surface area contributed by atoms with Gasteiger partial charge in [-0.15, -0.1) is 0 Å². The molecule has 0 bridgehead atoms. The molecule has 1 nitrogen and oxygen atoms in total. The quantitative estimate of drug-likeness (QED) is 0.504. The lowest BCUT2D eigenvalue weighted by Gasteiger charge is -2.37. The molecule has 1 heterocycles. The van der Waals surface area contributed by atoms with Gasteiger partial charge in [-0.05, 0) is 18.3 Å². The van der Waals surface area contributed by atoms with Crippen LogP contribution in [0.4, 0.5) is 0 Å². The van der Waals surface area contributed by atoms with Crippen molar-refractivity contribution in [1.29, 1.82) is 0 Å². The Hall–Kier alpha value is -0.0400. The summed E-state index contributed by atoms with van der Waals surface area (Å²) in [5.74, 6) is 0. The molecule has 1 N–H and O–H groups in total. The van der Waals surface area contributed by atoms with Gasteiger partial charge in [0.15, 0.2) is 0 Å². The van der Waals surface area contributed by atoms with Crippen LogP contribution in [0, 0.1) is 5.41 Å². The first-order chi connectivity index (χ1) is 3.81. The lowest BCUT2D eigenvalue weighted by molar-refractivity contribution is 0.158. The first kappa shape index (κ1) is 4.80. The largest absolute Gasteiger partial charge is 0.311 e. The summed E-state index contributed by atoms with van der Waals surface area (Å²) in [6, 6.07) is 0.899. The topological polar surface area (TPSA) is 21.9 Å². The Morgan fingerprint density at radius 1 is 1.50 bits per heavy atom. The maximum Gasteiger partial charge on any atom is 0.0246 e. The van der Waals surface area contributed by atoms with Crippen LogP contribution in [-0.4, -0.2) is 12.6 Å². The van der Waals surface area contributed by atoms with E-state index in [1.165, 1.54) is 25.8 Å². The molecule has 2 aliphatic rings. The zero-order chi connectivity index (χ0) is 5.61.